The maximum atomic E-state index is 13.6. The Morgan fingerprint density at radius 1 is 1.00 bits per heavy atom. The zero-order chi connectivity index (χ0) is 14.9. The first kappa shape index (κ1) is 14.9. The monoisotopic (exact) mass is 298 g/mol. The fraction of sp³-hybridized carbons (Fsp3) is 0.250. The molecular weight excluding hydrogens is 285 g/mol. The Morgan fingerprint density at radius 2 is 1.50 bits per heavy atom. The zero-order valence-corrected chi connectivity index (χ0v) is 11.9. The van der Waals surface area contributed by atoms with E-state index in [0.29, 0.717) is 16.7 Å². The molecule has 2 aromatic carbocycles. The van der Waals surface area contributed by atoms with E-state index < -0.39 is 17.0 Å². The minimum absolute atomic E-state index is 0.0184. The van der Waals surface area contributed by atoms with Gasteiger partial charge in [-0.3, -0.25) is 0 Å². The normalized spacial score (nSPS) is 12.5. The molecule has 0 heterocycles. The molecule has 106 valence electrons. The number of aryl methyl sites for hydroxylation is 2. The van der Waals surface area contributed by atoms with E-state index in [1.54, 1.807) is 26.0 Å². The van der Waals surface area contributed by atoms with Gasteiger partial charge in [-0.05, 0) is 49.1 Å². The summed E-state index contributed by atoms with van der Waals surface area (Å²) < 4.78 is 40.7. The summed E-state index contributed by atoms with van der Waals surface area (Å²) in [5.41, 5.74) is 1.55. The van der Waals surface area contributed by atoms with Gasteiger partial charge in [-0.15, -0.1) is 11.6 Å². The van der Waals surface area contributed by atoms with Crippen LogP contribution in [-0.4, -0.2) is 0 Å². The summed E-state index contributed by atoms with van der Waals surface area (Å²) in [5, 5.41) is -0.612. The van der Waals surface area contributed by atoms with E-state index in [-0.39, 0.29) is 17.8 Å². The minimum Gasteiger partial charge on any atom is -0.207 e. The maximum Gasteiger partial charge on any atom is 0.129 e. The van der Waals surface area contributed by atoms with Gasteiger partial charge in [-0.2, -0.15) is 0 Å². The average Bonchev–Trinajstić information content (AvgIpc) is 2.39. The van der Waals surface area contributed by atoms with Crippen LogP contribution >= 0.6 is 11.6 Å². The highest BCUT2D eigenvalue weighted by Crippen LogP contribution is 2.29. The van der Waals surface area contributed by atoms with Gasteiger partial charge in [0.2, 0.25) is 0 Å². The molecule has 0 spiro atoms. The molecule has 2 rings (SSSR count). The molecule has 0 aliphatic rings. The molecule has 0 amide bonds. The van der Waals surface area contributed by atoms with Gasteiger partial charge in [0, 0.05) is 5.56 Å². The second-order valence-corrected chi connectivity index (χ2v) is 5.37. The Hall–Kier alpha value is -1.48. The summed E-state index contributed by atoms with van der Waals surface area (Å²) in [6.45, 7) is 3.28. The number of rotatable bonds is 3. The fourth-order valence-corrected chi connectivity index (χ4v) is 2.46. The largest absolute Gasteiger partial charge is 0.207 e. The lowest BCUT2D eigenvalue weighted by Crippen LogP contribution is -2.03. The van der Waals surface area contributed by atoms with Crippen molar-refractivity contribution in [1.82, 2.24) is 0 Å². The fourth-order valence-electron chi connectivity index (χ4n) is 2.18. The molecule has 2 aromatic rings. The summed E-state index contributed by atoms with van der Waals surface area (Å²) in [7, 11) is 0. The van der Waals surface area contributed by atoms with E-state index in [0.717, 1.165) is 0 Å². The van der Waals surface area contributed by atoms with Crippen LogP contribution in [0.3, 0.4) is 0 Å². The van der Waals surface area contributed by atoms with Crippen LogP contribution in [0.25, 0.3) is 0 Å². The van der Waals surface area contributed by atoms with Crippen molar-refractivity contribution >= 4 is 11.6 Å². The third-order valence-corrected chi connectivity index (χ3v) is 3.67. The van der Waals surface area contributed by atoms with Crippen LogP contribution in [0.4, 0.5) is 13.2 Å². The van der Waals surface area contributed by atoms with Gasteiger partial charge in [0.05, 0.1) is 5.38 Å². The topological polar surface area (TPSA) is 0 Å². The Balaban J connectivity index is 2.31. The van der Waals surface area contributed by atoms with Crippen LogP contribution in [0.1, 0.15) is 27.6 Å². The van der Waals surface area contributed by atoms with Crippen molar-refractivity contribution in [3.05, 3.63) is 70.0 Å². The first-order valence-corrected chi connectivity index (χ1v) is 6.67. The Morgan fingerprint density at radius 3 is 2.00 bits per heavy atom. The average molecular weight is 299 g/mol. The van der Waals surface area contributed by atoms with E-state index in [1.807, 2.05) is 0 Å². The van der Waals surface area contributed by atoms with Crippen LogP contribution in [0.5, 0.6) is 0 Å². The van der Waals surface area contributed by atoms with Crippen LogP contribution < -0.4 is 0 Å². The van der Waals surface area contributed by atoms with Gasteiger partial charge >= 0.3 is 0 Å². The first-order valence-electron chi connectivity index (χ1n) is 6.23. The summed E-state index contributed by atoms with van der Waals surface area (Å²) in [5.74, 6) is -1.52. The smallest absolute Gasteiger partial charge is 0.129 e. The van der Waals surface area contributed by atoms with Crippen LogP contribution in [-0.2, 0) is 6.42 Å². The summed E-state index contributed by atoms with van der Waals surface area (Å²) in [6, 6.07) is 6.92. The third kappa shape index (κ3) is 2.98. The van der Waals surface area contributed by atoms with E-state index in [2.05, 4.69) is 0 Å². The Bertz CT molecular complexity index is 594. The first-order chi connectivity index (χ1) is 9.40. The predicted molar refractivity (Wildman–Crippen MR) is 74.5 cm³/mol. The van der Waals surface area contributed by atoms with Gasteiger partial charge in [0.25, 0.3) is 0 Å². The molecule has 0 saturated heterocycles. The highest BCUT2D eigenvalue weighted by Gasteiger charge is 2.17. The second-order valence-electron chi connectivity index (χ2n) is 4.84. The van der Waals surface area contributed by atoms with E-state index in [4.69, 9.17) is 11.6 Å². The molecule has 1 unspecified atom stereocenters. The Labute approximate surface area is 121 Å². The molecule has 0 fully saturated rings. The lowest BCUT2D eigenvalue weighted by molar-refractivity contribution is 0.552. The Kier molecular flexibility index (Phi) is 4.39. The molecule has 1 atom stereocenters. The molecule has 0 aromatic heterocycles. The third-order valence-electron chi connectivity index (χ3n) is 3.27. The minimum atomic E-state index is -0.619. The number of halogens is 4. The van der Waals surface area contributed by atoms with Crippen molar-refractivity contribution in [3.63, 3.8) is 0 Å². The van der Waals surface area contributed by atoms with Crippen molar-refractivity contribution < 1.29 is 13.2 Å². The standard InChI is InChI=1S/C16H14ClF3/c1-9-6-11(7-10(2)16(9)20)13(17)8-12-14(18)4-3-5-15(12)19/h3-7,13H,8H2,1-2H3. The highest BCUT2D eigenvalue weighted by molar-refractivity contribution is 6.20. The quantitative estimate of drug-likeness (QED) is 0.680. The second kappa shape index (κ2) is 5.88. The van der Waals surface area contributed by atoms with Gasteiger partial charge in [-0.1, -0.05) is 18.2 Å². The van der Waals surface area contributed by atoms with Crippen molar-refractivity contribution in [2.24, 2.45) is 0 Å². The van der Waals surface area contributed by atoms with Crippen molar-refractivity contribution in [1.29, 1.82) is 0 Å². The lowest BCUT2D eigenvalue weighted by Gasteiger charge is -2.14. The molecule has 0 aliphatic carbocycles. The number of hydrogen-bond acceptors (Lipinski definition) is 0. The predicted octanol–water partition coefficient (Wildman–Crippen LogP) is 5.24. The van der Waals surface area contributed by atoms with Gasteiger partial charge < -0.3 is 0 Å². The molecule has 0 bridgehead atoms. The summed E-state index contributed by atoms with van der Waals surface area (Å²) in [6.07, 6.45) is 0.0184. The van der Waals surface area contributed by atoms with Crippen LogP contribution in [0.15, 0.2) is 30.3 Å². The van der Waals surface area contributed by atoms with Gasteiger partial charge in [-0.25, -0.2) is 13.2 Å². The molecule has 0 nitrogen and oxygen atoms in total. The SMILES string of the molecule is Cc1cc(C(Cl)Cc2c(F)cccc2F)cc(C)c1F. The molecular formula is C16H14ClF3. The number of alkyl halides is 1. The van der Waals surface area contributed by atoms with E-state index in [9.17, 15) is 13.2 Å². The molecule has 0 aliphatic heterocycles. The van der Waals surface area contributed by atoms with Gasteiger partial charge in [0.1, 0.15) is 17.5 Å². The molecule has 20 heavy (non-hydrogen) atoms. The van der Waals surface area contributed by atoms with Crippen molar-refractivity contribution in [3.8, 4) is 0 Å². The van der Waals surface area contributed by atoms with E-state index >= 15 is 0 Å². The molecule has 0 radical (unpaired) electrons. The highest BCUT2D eigenvalue weighted by atomic mass is 35.5. The van der Waals surface area contributed by atoms with E-state index in [1.165, 1.54) is 18.2 Å². The summed E-state index contributed by atoms with van der Waals surface area (Å²) >= 11 is 6.23. The molecule has 4 heteroatoms. The van der Waals surface area contributed by atoms with Crippen LogP contribution in [0, 0.1) is 31.3 Å². The zero-order valence-electron chi connectivity index (χ0n) is 11.2. The van der Waals surface area contributed by atoms with Gasteiger partial charge in [0.15, 0.2) is 0 Å². The molecule has 0 saturated carbocycles. The summed E-state index contributed by atoms with van der Waals surface area (Å²) in [4.78, 5) is 0. The molecule has 0 N–H and O–H groups in total. The van der Waals surface area contributed by atoms with Crippen molar-refractivity contribution in [2.75, 3.05) is 0 Å². The van der Waals surface area contributed by atoms with Crippen LogP contribution in [0.2, 0.25) is 0 Å². The maximum absolute atomic E-state index is 13.6. The number of hydrogen-bond donors (Lipinski definition) is 0. The lowest BCUT2D eigenvalue weighted by atomic mass is 9.99. The van der Waals surface area contributed by atoms with Crippen molar-refractivity contribution in [2.45, 2.75) is 25.6 Å². The number of benzene rings is 2.